The van der Waals surface area contributed by atoms with Crippen LogP contribution in [0, 0.1) is 21.4 Å². The molecule has 0 aromatic heterocycles. The Labute approximate surface area is 139 Å². The van der Waals surface area contributed by atoms with Gasteiger partial charge in [-0.15, -0.1) is 0 Å². The molecule has 0 radical (unpaired) electrons. The van der Waals surface area contributed by atoms with Crippen molar-refractivity contribution < 1.29 is 19.1 Å². The molecule has 0 bridgehead atoms. The lowest BCUT2D eigenvalue weighted by atomic mass is 10.2. The predicted octanol–water partition coefficient (Wildman–Crippen LogP) is 3.32. The zero-order valence-corrected chi connectivity index (χ0v) is 13.1. The Kier molecular flexibility index (Phi) is 5.97. The zero-order valence-electron chi connectivity index (χ0n) is 13.1. The van der Waals surface area contributed by atoms with Gasteiger partial charge < -0.3 is 14.2 Å². The molecule has 0 N–H and O–H groups in total. The third-order valence-electron chi connectivity index (χ3n) is 3.01. The Morgan fingerprint density at radius 1 is 1.08 bits per heavy atom. The summed E-state index contributed by atoms with van der Waals surface area (Å²) in [6.07, 6.45) is 0. The molecule has 24 heavy (non-hydrogen) atoms. The van der Waals surface area contributed by atoms with Crippen LogP contribution in [0.25, 0.3) is 0 Å². The van der Waals surface area contributed by atoms with Crippen molar-refractivity contribution in [3.63, 3.8) is 0 Å². The summed E-state index contributed by atoms with van der Waals surface area (Å²) in [6, 6.07) is 12.9. The molecule has 0 heterocycles. The van der Waals surface area contributed by atoms with Crippen LogP contribution in [0.5, 0.6) is 17.2 Å². The molecule has 0 unspecified atom stereocenters. The zero-order chi connectivity index (χ0) is 17.4. The fourth-order valence-corrected chi connectivity index (χ4v) is 1.96. The topological polar surface area (TPSA) is 94.6 Å². The largest absolute Gasteiger partial charge is 0.490 e. The van der Waals surface area contributed by atoms with Gasteiger partial charge in [0, 0.05) is 12.1 Å². The molecular formula is C17H16N2O5. The lowest BCUT2D eigenvalue weighted by Crippen LogP contribution is -2.10. The molecule has 0 aliphatic rings. The highest BCUT2D eigenvalue weighted by Crippen LogP contribution is 2.28. The van der Waals surface area contributed by atoms with Crippen LogP contribution in [0.15, 0.2) is 42.5 Å². The quantitative estimate of drug-likeness (QED) is 0.419. The SMILES string of the molecule is CCOc1cc(C#N)ccc1OCCOc1cccc([N+](=O)[O-])c1. The van der Waals surface area contributed by atoms with Gasteiger partial charge in [0.05, 0.1) is 29.2 Å². The molecule has 2 aromatic rings. The predicted molar refractivity (Wildman–Crippen MR) is 86.4 cm³/mol. The van der Waals surface area contributed by atoms with Gasteiger partial charge in [-0.1, -0.05) is 6.07 Å². The van der Waals surface area contributed by atoms with E-state index in [0.717, 1.165) is 0 Å². The van der Waals surface area contributed by atoms with Crippen LogP contribution in [0.4, 0.5) is 5.69 Å². The van der Waals surface area contributed by atoms with Gasteiger partial charge in [-0.2, -0.15) is 5.26 Å². The van der Waals surface area contributed by atoms with Crippen LogP contribution in [0.1, 0.15) is 12.5 Å². The standard InChI is InChI=1S/C17H16N2O5/c1-2-22-17-10-13(12-18)6-7-16(17)24-9-8-23-15-5-3-4-14(11-15)19(20)21/h3-7,10-11H,2,8-9H2,1H3. The second kappa shape index (κ2) is 8.39. The maximum absolute atomic E-state index is 10.7. The molecule has 0 saturated carbocycles. The third kappa shape index (κ3) is 4.61. The number of nitro groups is 1. The van der Waals surface area contributed by atoms with E-state index in [2.05, 4.69) is 0 Å². The molecule has 124 valence electrons. The minimum absolute atomic E-state index is 0.0286. The average molecular weight is 328 g/mol. The van der Waals surface area contributed by atoms with Crippen LogP contribution in [-0.4, -0.2) is 24.7 Å². The Morgan fingerprint density at radius 2 is 1.88 bits per heavy atom. The van der Waals surface area contributed by atoms with Gasteiger partial charge in [-0.05, 0) is 25.1 Å². The van der Waals surface area contributed by atoms with Gasteiger partial charge >= 0.3 is 0 Å². The average Bonchev–Trinajstić information content (AvgIpc) is 2.60. The monoisotopic (exact) mass is 328 g/mol. The van der Waals surface area contributed by atoms with Crippen molar-refractivity contribution in [3.05, 3.63) is 58.1 Å². The highest BCUT2D eigenvalue weighted by Gasteiger charge is 2.08. The molecule has 2 rings (SSSR count). The number of benzene rings is 2. The molecule has 7 nitrogen and oxygen atoms in total. The van der Waals surface area contributed by atoms with Gasteiger partial charge in [0.25, 0.3) is 5.69 Å². The minimum Gasteiger partial charge on any atom is -0.490 e. The van der Waals surface area contributed by atoms with Gasteiger partial charge in [-0.3, -0.25) is 10.1 Å². The van der Waals surface area contributed by atoms with Crippen LogP contribution in [-0.2, 0) is 0 Å². The van der Waals surface area contributed by atoms with E-state index < -0.39 is 4.92 Å². The highest BCUT2D eigenvalue weighted by molar-refractivity contribution is 5.46. The van der Waals surface area contributed by atoms with E-state index in [1.807, 2.05) is 13.0 Å². The molecule has 0 spiro atoms. The first-order valence-corrected chi connectivity index (χ1v) is 7.31. The summed E-state index contributed by atoms with van der Waals surface area (Å²) in [6.45, 7) is 2.74. The summed E-state index contributed by atoms with van der Waals surface area (Å²) in [5.74, 6) is 1.41. The first kappa shape index (κ1) is 17.1. The van der Waals surface area contributed by atoms with Gasteiger partial charge in [0.15, 0.2) is 11.5 Å². The molecule has 0 aliphatic heterocycles. The second-order valence-corrected chi connectivity index (χ2v) is 4.66. The van der Waals surface area contributed by atoms with E-state index in [1.54, 1.807) is 30.3 Å². The Hall–Kier alpha value is -3.27. The molecule has 7 heteroatoms. The number of non-ortho nitro benzene ring substituents is 1. The number of rotatable bonds is 8. The van der Waals surface area contributed by atoms with E-state index in [-0.39, 0.29) is 18.9 Å². The van der Waals surface area contributed by atoms with E-state index in [0.29, 0.717) is 29.4 Å². The number of nitrogens with zero attached hydrogens (tertiary/aromatic N) is 2. The lowest BCUT2D eigenvalue weighted by molar-refractivity contribution is -0.384. The smallest absolute Gasteiger partial charge is 0.273 e. The molecule has 0 amide bonds. The first-order chi connectivity index (χ1) is 11.6. The highest BCUT2D eigenvalue weighted by atomic mass is 16.6. The van der Waals surface area contributed by atoms with Crippen LogP contribution in [0.2, 0.25) is 0 Å². The second-order valence-electron chi connectivity index (χ2n) is 4.66. The fraction of sp³-hybridized carbons (Fsp3) is 0.235. The number of ether oxygens (including phenoxy) is 3. The van der Waals surface area contributed by atoms with Crippen molar-refractivity contribution in [2.45, 2.75) is 6.92 Å². The van der Waals surface area contributed by atoms with Crippen LogP contribution in [0.3, 0.4) is 0 Å². The van der Waals surface area contributed by atoms with E-state index in [1.165, 1.54) is 12.1 Å². The lowest BCUT2D eigenvalue weighted by Gasteiger charge is -2.12. The van der Waals surface area contributed by atoms with Crippen LogP contribution >= 0.6 is 0 Å². The van der Waals surface area contributed by atoms with Crippen molar-refractivity contribution in [2.24, 2.45) is 0 Å². The number of nitriles is 1. The van der Waals surface area contributed by atoms with E-state index >= 15 is 0 Å². The van der Waals surface area contributed by atoms with Crippen molar-refractivity contribution in [3.8, 4) is 23.3 Å². The van der Waals surface area contributed by atoms with Crippen molar-refractivity contribution in [2.75, 3.05) is 19.8 Å². The molecule has 0 aliphatic carbocycles. The molecular weight excluding hydrogens is 312 g/mol. The third-order valence-corrected chi connectivity index (χ3v) is 3.01. The summed E-state index contributed by atoms with van der Waals surface area (Å²) in [5, 5.41) is 19.6. The Morgan fingerprint density at radius 3 is 2.58 bits per heavy atom. The Bertz CT molecular complexity index is 755. The molecule has 2 aromatic carbocycles. The fourth-order valence-electron chi connectivity index (χ4n) is 1.96. The van der Waals surface area contributed by atoms with Gasteiger partial charge in [0.1, 0.15) is 19.0 Å². The van der Waals surface area contributed by atoms with Crippen molar-refractivity contribution >= 4 is 5.69 Å². The maximum Gasteiger partial charge on any atom is 0.273 e. The first-order valence-electron chi connectivity index (χ1n) is 7.31. The summed E-state index contributed by atoms with van der Waals surface area (Å²) in [5.41, 5.74) is 0.456. The van der Waals surface area contributed by atoms with Gasteiger partial charge in [-0.25, -0.2) is 0 Å². The van der Waals surface area contributed by atoms with Crippen LogP contribution < -0.4 is 14.2 Å². The molecule has 0 atom stereocenters. The Balaban J connectivity index is 1.91. The van der Waals surface area contributed by atoms with E-state index in [9.17, 15) is 10.1 Å². The maximum atomic E-state index is 10.7. The molecule has 0 fully saturated rings. The number of hydrogen-bond donors (Lipinski definition) is 0. The summed E-state index contributed by atoms with van der Waals surface area (Å²) >= 11 is 0. The van der Waals surface area contributed by atoms with Crippen molar-refractivity contribution in [1.82, 2.24) is 0 Å². The normalized spacial score (nSPS) is 9.83. The minimum atomic E-state index is -0.478. The van der Waals surface area contributed by atoms with Crippen molar-refractivity contribution in [1.29, 1.82) is 5.26 Å². The molecule has 0 saturated heterocycles. The van der Waals surface area contributed by atoms with Gasteiger partial charge in [0.2, 0.25) is 0 Å². The summed E-state index contributed by atoms with van der Waals surface area (Å²) in [7, 11) is 0. The van der Waals surface area contributed by atoms with E-state index in [4.69, 9.17) is 19.5 Å². The summed E-state index contributed by atoms with van der Waals surface area (Å²) in [4.78, 5) is 10.2. The number of nitro benzene ring substituents is 1. The number of hydrogen-bond acceptors (Lipinski definition) is 6. The summed E-state index contributed by atoms with van der Waals surface area (Å²) < 4.78 is 16.5.